The van der Waals surface area contributed by atoms with Gasteiger partial charge in [-0.3, -0.25) is 0 Å². The molecule has 5 rings (SSSR count). The summed E-state index contributed by atoms with van der Waals surface area (Å²) >= 11 is 44.5. The molecule has 10 N–H and O–H groups in total. The van der Waals surface area contributed by atoms with Crippen molar-refractivity contribution in [2.75, 3.05) is 71.3 Å². The van der Waals surface area contributed by atoms with Crippen molar-refractivity contribution in [3.63, 3.8) is 0 Å². The minimum absolute atomic E-state index is 0.000000000000000444. The van der Waals surface area contributed by atoms with Crippen LogP contribution >= 0.6 is 128 Å². The predicted molar refractivity (Wildman–Crippen MR) is 221 cm³/mol. The minimum atomic E-state index is 0.000000000000000444. The van der Waals surface area contributed by atoms with Crippen molar-refractivity contribution in [2.45, 2.75) is 20.6 Å². The number of hydrogen-bond acceptors (Lipinski definition) is 25. The SMILES string of the molecule is Clc1nc(Cl)nc(Cl)n1.[2H]Nc1nc(SCCN)nc(SCCN)n1.[2H]Nc1nc(SCCNc2nc(Cl)nc(Cl)n2)nc(SCCNc2nc(Cl)nc(Cl)n2)n1. The summed E-state index contributed by atoms with van der Waals surface area (Å²) in [4.78, 5) is 58.4. The van der Waals surface area contributed by atoms with Crippen LogP contribution in [0.4, 0.5) is 23.8 Å². The molecule has 0 amide bonds. The molecular weight excluding hydrogens is 947 g/mol. The molecule has 5 aromatic heterocycles. The average molecular weight is 975 g/mol. The molecule has 55 heavy (non-hydrogen) atoms. The van der Waals surface area contributed by atoms with Crippen molar-refractivity contribution in [3.8, 4) is 0 Å². The van der Waals surface area contributed by atoms with E-state index in [-0.39, 0.29) is 60.8 Å². The highest BCUT2D eigenvalue weighted by Gasteiger charge is 2.09. The molecule has 296 valence electrons. The topological polar surface area (TPSA) is 321 Å². The van der Waals surface area contributed by atoms with Gasteiger partial charge in [0.15, 0.2) is 23.4 Å². The van der Waals surface area contributed by atoms with Crippen molar-refractivity contribution in [3.05, 3.63) is 37.0 Å². The standard InChI is InChI=1S/C13H12Cl4N12S2.C7H14N6S2.C3Cl3N3/c14-5-21-6(15)24-10(23-5)19-1-3-30-12-27-9(18)28-13(29-12)31-4-2-20-11-25-7(16)22-8(17)26-11;8-1-3-14-6-11-5(10)12-7(13-6)15-4-2-9;4-1-7-2(5)9-3(6)8-1/h1-4H2,(H2,18,27,28,29)(H,19,21,23,24)(H,20,22,25,26);1-4,8-9H2,(H2,10,11,12,13);/i/hD2. The van der Waals surface area contributed by atoms with Gasteiger partial charge in [0.2, 0.25) is 60.8 Å². The predicted octanol–water partition coefficient (Wildman–Crippen LogP) is 4.23. The van der Waals surface area contributed by atoms with Crippen molar-refractivity contribution >= 4 is 152 Å². The highest BCUT2D eigenvalue weighted by Crippen LogP contribution is 2.21. The number of hydrogen-bond donors (Lipinski definition) is 6. The Balaban J connectivity index is 0.000000286. The van der Waals surface area contributed by atoms with Gasteiger partial charge in [0.05, 0.1) is 0 Å². The Hall–Kier alpha value is -2.40. The molecule has 0 fully saturated rings. The lowest BCUT2D eigenvalue weighted by molar-refractivity contribution is 0.812. The van der Waals surface area contributed by atoms with Gasteiger partial charge in [0.1, 0.15) is 0 Å². The van der Waals surface area contributed by atoms with Crippen molar-refractivity contribution in [1.82, 2.24) is 74.8 Å². The number of aromatic nitrogens is 15. The molecule has 32 heteroatoms. The van der Waals surface area contributed by atoms with Gasteiger partial charge in [0, 0.05) is 49.2 Å². The van der Waals surface area contributed by atoms with Gasteiger partial charge in [-0.1, -0.05) is 47.0 Å². The smallest absolute Gasteiger partial charge is 0.228 e. The first-order chi connectivity index (χ1) is 27.4. The van der Waals surface area contributed by atoms with E-state index in [1.165, 1.54) is 47.0 Å². The van der Waals surface area contributed by atoms with E-state index in [0.717, 1.165) is 11.5 Å². The van der Waals surface area contributed by atoms with Crippen LogP contribution in [0.15, 0.2) is 20.6 Å². The second-order valence-corrected chi connectivity index (χ2v) is 15.4. The lowest BCUT2D eigenvalue weighted by atomic mass is 10.7. The van der Waals surface area contributed by atoms with Crippen LogP contribution in [0.2, 0.25) is 39.8 Å². The third-order valence-electron chi connectivity index (χ3n) is 4.83. The second kappa shape index (κ2) is 25.8. The largest absolute Gasteiger partial charge is 0.368 e. The van der Waals surface area contributed by atoms with Crippen LogP contribution < -0.4 is 33.6 Å². The lowest BCUT2D eigenvalue weighted by Gasteiger charge is -2.07. The molecular formula is C23H26Cl7N21S4. The van der Waals surface area contributed by atoms with Crippen LogP contribution in [-0.4, -0.2) is 124 Å². The van der Waals surface area contributed by atoms with Crippen LogP contribution in [0.1, 0.15) is 0 Å². The van der Waals surface area contributed by atoms with Crippen molar-refractivity contribution in [1.29, 1.82) is 0 Å². The number of anilines is 4. The fourth-order valence-corrected chi connectivity index (χ4v) is 6.99. The quantitative estimate of drug-likeness (QED) is 0.0528. The van der Waals surface area contributed by atoms with Crippen LogP contribution in [-0.2, 0) is 0 Å². The van der Waals surface area contributed by atoms with E-state index in [4.69, 9.17) is 95.5 Å². The zero-order valence-electron chi connectivity index (χ0n) is 29.3. The Labute approximate surface area is 367 Å². The number of nitrogens with two attached hydrogens (primary N) is 4. The fraction of sp³-hybridized carbons (Fsp3) is 0.348. The molecule has 5 heterocycles. The van der Waals surface area contributed by atoms with Gasteiger partial charge in [-0.05, 0) is 81.2 Å². The van der Waals surface area contributed by atoms with E-state index in [2.05, 4.69) is 96.8 Å². The first-order valence-electron chi connectivity index (χ1n) is 15.5. The van der Waals surface area contributed by atoms with Gasteiger partial charge in [0.25, 0.3) is 0 Å². The number of rotatable bonds is 18. The van der Waals surface area contributed by atoms with Crippen LogP contribution in [0.3, 0.4) is 0 Å². The van der Waals surface area contributed by atoms with Crippen molar-refractivity contribution < 1.29 is 2.82 Å². The van der Waals surface area contributed by atoms with E-state index in [0.29, 0.717) is 58.3 Å². The third kappa shape index (κ3) is 20.0. The summed E-state index contributed by atoms with van der Waals surface area (Å²) in [5, 5.41) is 8.03. The zero-order chi connectivity index (χ0) is 41.6. The number of nitrogens with zero attached hydrogens (tertiary/aromatic N) is 15. The summed E-state index contributed by atoms with van der Waals surface area (Å²) in [5.41, 5.74) is 15.1. The minimum Gasteiger partial charge on any atom is -0.368 e. The van der Waals surface area contributed by atoms with Gasteiger partial charge in [-0.25, -0.2) is 0 Å². The molecule has 0 aliphatic carbocycles. The van der Waals surface area contributed by atoms with Gasteiger partial charge in [-0.2, -0.15) is 74.8 Å². The maximum Gasteiger partial charge on any atom is 0.228 e. The Morgan fingerprint density at radius 3 is 0.945 bits per heavy atom. The molecule has 0 saturated carbocycles. The zero-order valence-corrected chi connectivity index (χ0v) is 35.9. The van der Waals surface area contributed by atoms with E-state index in [1.807, 2.05) is 0 Å². The molecule has 0 aromatic carbocycles. The molecule has 0 atom stereocenters. The van der Waals surface area contributed by atoms with Crippen LogP contribution in [0.25, 0.3) is 0 Å². The molecule has 5 aromatic rings. The maximum absolute atomic E-state index is 7.33. The summed E-state index contributed by atoms with van der Waals surface area (Å²) in [5.74, 6) is 3.55. The monoisotopic (exact) mass is 971 g/mol. The molecule has 0 radical (unpaired) electrons. The number of nitrogen functional groups attached to an aromatic ring is 2. The molecule has 0 spiro atoms. The second-order valence-electron chi connectivity index (χ2n) is 8.81. The lowest BCUT2D eigenvalue weighted by Crippen LogP contribution is -2.10. The summed E-state index contributed by atoms with van der Waals surface area (Å²) in [7, 11) is 0. The molecule has 0 bridgehead atoms. The van der Waals surface area contributed by atoms with Gasteiger partial charge in [-0.15, -0.1) is 0 Å². The molecule has 0 aliphatic heterocycles. The summed E-state index contributed by atoms with van der Waals surface area (Å²) in [6, 6.07) is 0. The number of thioether (sulfide) groups is 4. The third-order valence-corrected chi connectivity index (χ3v) is 9.48. The first-order valence-corrected chi connectivity index (χ1v) is 21.1. The molecule has 21 nitrogen and oxygen atoms in total. The highest BCUT2D eigenvalue weighted by atomic mass is 35.5. The van der Waals surface area contributed by atoms with E-state index in [1.54, 1.807) is 0 Å². The average Bonchev–Trinajstić information content (AvgIpc) is 3.15. The van der Waals surface area contributed by atoms with E-state index in [9.17, 15) is 0 Å². The van der Waals surface area contributed by atoms with Crippen LogP contribution in [0.5, 0.6) is 0 Å². The summed E-state index contributed by atoms with van der Waals surface area (Å²) < 4.78 is 14.3. The van der Waals surface area contributed by atoms with E-state index < -0.39 is 0 Å². The van der Waals surface area contributed by atoms with Crippen molar-refractivity contribution in [2.24, 2.45) is 11.5 Å². The van der Waals surface area contributed by atoms with Gasteiger partial charge >= 0.3 is 0 Å². The Morgan fingerprint density at radius 2 is 0.673 bits per heavy atom. The molecule has 0 unspecified atom stereocenters. The van der Waals surface area contributed by atoms with Crippen LogP contribution in [0, 0.1) is 0 Å². The fourth-order valence-electron chi connectivity index (χ4n) is 2.96. The normalized spacial score (nSPS) is 10.9. The molecule has 0 aliphatic rings. The number of nitrogens with one attached hydrogen (secondary N) is 2. The van der Waals surface area contributed by atoms with Gasteiger partial charge < -0.3 is 33.6 Å². The van der Waals surface area contributed by atoms with E-state index >= 15 is 0 Å². The summed E-state index contributed by atoms with van der Waals surface area (Å²) in [6.07, 6.45) is 0. The maximum atomic E-state index is 7.33. The first kappa shape index (κ1) is 43.7. The molecule has 0 saturated heterocycles. The Morgan fingerprint density at radius 1 is 0.400 bits per heavy atom. The Kier molecular flexibility index (Phi) is 20.5. The summed E-state index contributed by atoms with van der Waals surface area (Å²) in [6.45, 7) is 2.09. The number of halogens is 7. The highest BCUT2D eigenvalue weighted by molar-refractivity contribution is 8.00. The Bertz CT molecular complexity index is 1810.